The largest absolute Gasteiger partial charge is 0.494 e. The van der Waals surface area contributed by atoms with Crippen LogP contribution >= 0.6 is 0 Å². The standard InChI is InChI=1S/C13H18FNO/c14-11-5-7-13(8-6-11)16-10-2-9-15-12-3-1-4-12/h5-8,12,15H,1-4,9-10H2. The molecule has 0 bridgehead atoms. The fraction of sp³-hybridized carbons (Fsp3) is 0.538. The minimum absolute atomic E-state index is 0.223. The van der Waals surface area contributed by atoms with Gasteiger partial charge in [-0.1, -0.05) is 6.42 Å². The highest BCUT2D eigenvalue weighted by Crippen LogP contribution is 2.17. The van der Waals surface area contributed by atoms with Crippen molar-refractivity contribution in [2.24, 2.45) is 0 Å². The molecule has 0 amide bonds. The average molecular weight is 223 g/mol. The van der Waals surface area contributed by atoms with E-state index in [1.54, 1.807) is 12.1 Å². The van der Waals surface area contributed by atoms with Gasteiger partial charge in [-0.15, -0.1) is 0 Å². The molecular formula is C13H18FNO. The number of rotatable bonds is 6. The van der Waals surface area contributed by atoms with Crippen molar-refractivity contribution in [2.45, 2.75) is 31.7 Å². The highest BCUT2D eigenvalue weighted by molar-refractivity contribution is 5.21. The number of benzene rings is 1. The fourth-order valence-corrected chi connectivity index (χ4v) is 1.71. The Morgan fingerprint density at radius 1 is 1.25 bits per heavy atom. The van der Waals surface area contributed by atoms with Gasteiger partial charge in [-0.25, -0.2) is 4.39 Å². The van der Waals surface area contributed by atoms with Crippen LogP contribution in [0.1, 0.15) is 25.7 Å². The molecule has 88 valence electrons. The van der Waals surface area contributed by atoms with E-state index in [-0.39, 0.29) is 5.82 Å². The Hall–Kier alpha value is -1.09. The molecule has 1 aliphatic rings. The molecule has 1 aliphatic carbocycles. The lowest BCUT2D eigenvalue weighted by Gasteiger charge is -2.26. The fourth-order valence-electron chi connectivity index (χ4n) is 1.71. The molecule has 1 aromatic carbocycles. The molecule has 0 heterocycles. The first-order chi connectivity index (χ1) is 7.84. The summed E-state index contributed by atoms with van der Waals surface area (Å²) in [5.41, 5.74) is 0. The minimum Gasteiger partial charge on any atom is -0.494 e. The van der Waals surface area contributed by atoms with Gasteiger partial charge in [0.15, 0.2) is 0 Å². The van der Waals surface area contributed by atoms with Gasteiger partial charge in [-0.3, -0.25) is 0 Å². The van der Waals surface area contributed by atoms with E-state index in [0.717, 1.165) is 24.8 Å². The van der Waals surface area contributed by atoms with Gasteiger partial charge in [0.25, 0.3) is 0 Å². The van der Waals surface area contributed by atoms with Crippen LogP contribution in [0.15, 0.2) is 24.3 Å². The third-order valence-electron chi connectivity index (χ3n) is 2.94. The van der Waals surface area contributed by atoms with Crippen LogP contribution in [0.4, 0.5) is 4.39 Å². The topological polar surface area (TPSA) is 21.3 Å². The molecule has 0 spiro atoms. The van der Waals surface area contributed by atoms with Gasteiger partial charge in [-0.2, -0.15) is 0 Å². The van der Waals surface area contributed by atoms with E-state index in [1.165, 1.54) is 31.4 Å². The molecule has 0 atom stereocenters. The monoisotopic (exact) mass is 223 g/mol. The van der Waals surface area contributed by atoms with E-state index >= 15 is 0 Å². The third kappa shape index (κ3) is 3.49. The molecule has 0 aliphatic heterocycles. The summed E-state index contributed by atoms with van der Waals surface area (Å²) >= 11 is 0. The Bertz CT molecular complexity index is 308. The van der Waals surface area contributed by atoms with E-state index in [9.17, 15) is 4.39 Å². The molecule has 0 radical (unpaired) electrons. The van der Waals surface area contributed by atoms with Crippen molar-refractivity contribution < 1.29 is 9.13 Å². The number of nitrogens with one attached hydrogen (secondary N) is 1. The van der Waals surface area contributed by atoms with E-state index < -0.39 is 0 Å². The maximum absolute atomic E-state index is 12.6. The summed E-state index contributed by atoms with van der Waals surface area (Å²) in [7, 11) is 0. The smallest absolute Gasteiger partial charge is 0.123 e. The lowest BCUT2D eigenvalue weighted by molar-refractivity contribution is 0.288. The molecule has 1 fully saturated rings. The maximum Gasteiger partial charge on any atom is 0.123 e. The van der Waals surface area contributed by atoms with Crippen LogP contribution < -0.4 is 10.1 Å². The van der Waals surface area contributed by atoms with Gasteiger partial charge in [0.1, 0.15) is 11.6 Å². The zero-order valence-electron chi connectivity index (χ0n) is 9.42. The quantitative estimate of drug-likeness (QED) is 0.749. The van der Waals surface area contributed by atoms with E-state index in [2.05, 4.69) is 5.32 Å². The molecule has 1 aromatic rings. The van der Waals surface area contributed by atoms with Crippen molar-refractivity contribution in [1.29, 1.82) is 0 Å². The van der Waals surface area contributed by atoms with Crippen LogP contribution in [0.3, 0.4) is 0 Å². The molecule has 0 unspecified atom stereocenters. The van der Waals surface area contributed by atoms with Crippen LogP contribution in [-0.4, -0.2) is 19.2 Å². The second kappa shape index (κ2) is 5.85. The van der Waals surface area contributed by atoms with Crippen molar-refractivity contribution in [3.05, 3.63) is 30.1 Å². The predicted molar refractivity (Wildman–Crippen MR) is 62.2 cm³/mol. The van der Waals surface area contributed by atoms with Gasteiger partial charge in [0.05, 0.1) is 6.61 Å². The van der Waals surface area contributed by atoms with Crippen molar-refractivity contribution >= 4 is 0 Å². The van der Waals surface area contributed by atoms with Crippen molar-refractivity contribution in [3.63, 3.8) is 0 Å². The number of hydrogen-bond donors (Lipinski definition) is 1. The second-order valence-corrected chi connectivity index (χ2v) is 4.24. The molecule has 0 saturated heterocycles. The van der Waals surface area contributed by atoms with Gasteiger partial charge >= 0.3 is 0 Å². The number of ether oxygens (including phenoxy) is 1. The highest BCUT2D eigenvalue weighted by Gasteiger charge is 2.15. The summed E-state index contributed by atoms with van der Waals surface area (Å²) < 4.78 is 18.1. The zero-order valence-corrected chi connectivity index (χ0v) is 9.42. The molecule has 1 saturated carbocycles. The highest BCUT2D eigenvalue weighted by atomic mass is 19.1. The van der Waals surface area contributed by atoms with Crippen LogP contribution in [0, 0.1) is 5.82 Å². The van der Waals surface area contributed by atoms with Crippen LogP contribution in [0.5, 0.6) is 5.75 Å². The summed E-state index contributed by atoms with van der Waals surface area (Å²) in [5.74, 6) is 0.518. The van der Waals surface area contributed by atoms with Gasteiger partial charge < -0.3 is 10.1 Å². The minimum atomic E-state index is -0.223. The summed E-state index contributed by atoms with van der Waals surface area (Å²) in [6.45, 7) is 1.69. The van der Waals surface area contributed by atoms with Crippen LogP contribution in [0.2, 0.25) is 0 Å². The molecule has 16 heavy (non-hydrogen) atoms. The summed E-state index contributed by atoms with van der Waals surface area (Å²) in [5, 5.41) is 3.47. The SMILES string of the molecule is Fc1ccc(OCCCNC2CCC2)cc1. The summed E-state index contributed by atoms with van der Waals surface area (Å²) in [6.07, 6.45) is 5.00. The Morgan fingerprint density at radius 2 is 2.00 bits per heavy atom. The van der Waals surface area contributed by atoms with Crippen molar-refractivity contribution in [1.82, 2.24) is 5.32 Å². The maximum atomic E-state index is 12.6. The van der Waals surface area contributed by atoms with Gasteiger partial charge in [0.2, 0.25) is 0 Å². The second-order valence-electron chi connectivity index (χ2n) is 4.24. The Morgan fingerprint density at radius 3 is 2.62 bits per heavy atom. The van der Waals surface area contributed by atoms with E-state index in [1.807, 2.05) is 0 Å². The van der Waals surface area contributed by atoms with E-state index in [0.29, 0.717) is 6.61 Å². The first-order valence-corrected chi connectivity index (χ1v) is 5.96. The lowest BCUT2D eigenvalue weighted by Crippen LogP contribution is -2.36. The van der Waals surface area contributed by atoms with Gasteiger partial charge in [0, 0.05) is 6.04 Å². The normalized spacial score (nSPS) is 15.8. The molecule has 2 nitrogen and oxygen atoms in total. The zero-order chi connectivity index (χ0) is 11.2. The molecule has 2 rings (SSSR count). The Balaban J connectivity index is 1.55. The molecule has 1 N–H and O–H groups in total. The van der Waals surface area contributed by atoms with E-state index in [4.69, 9.17) is 4.74 Å². The van der Waals surface area contributed by atoms with Crippen LogP contribution in [-0.2, 0) is 0 Å². The number of hydrogen-bond acceptors (Lipinski definition) is 2. The van der Waals surface area contributed by atoms with Crippen molar-refractivity contribution in [3.8, 4) is 5.75 Å². The van der Waals surface area contributed by atoms with Gasteiger partial charge in [-0.05, 0) is 50.1 Å². The third-order valence-corrected chi connectivity index (χ3v) is 2.94. The molecule has 3 heteroatoms. The summed E-state index contributed by atoms with van der Waals surface area (Å²) in [6, 6.07) is 6.90. The lowest BCUT2D eigenvalue weighted by atomic mass is 9.93. The molecule has 0 aromatic heterocycles. The van der Waals surface area contributed by atoms with Crippen molar-refractivity contribution in [2.75, 3.05) is 13.2 Å². The van der Waals surface area contributed by atoms with Crippen LogP contribution in [0.25, 0.3) is 0 Å². The number of halogens is 1. The Labute approximate surface area is 95.8 Å². The molecular weight excluding hydrogens is 205 g/mol. The first-order valence-electron chi connectivity index (χ1n) is 5.96. The predicted octanol–water partition coefficient (Wildman–Crippen LogP) is 2.74. The summed E-state index contributed by atoms with van der Waals surface area (Å²) in [4.78, 5) is 0. The Kier molecular flexibility index (Phi) is 4.17. The first kappa shape index (κ1) is 11.4. The average Bonchev–Trinajstić information content (AvgIpc) is 2.23.